The van der Waals surface area contributed by atoms with Crippen LogP contribution in [-0.2, 0) is 4.74 Å². The highest BCUT2D eigenvalue weighted by Gasteiger charge is 2.25. The topological polar surface area (TPSA) is 18.5 Å². The third kappa shape index (κ3) is 2.50. The van der Waals surface area contributed by atoms with Gasteiger partial charge in [0.2, 0.25) is 0 Å². The van der Waals surface area contributed by atoms with E-state index in [0.29, 0.717) is 5.92 Å². The van der Waals surface area contributed by atoms with E-state index < -0.39 is 0 Å². The third-order valence-corrected chi connectivity index (χ3v) is 4.71. The number of hydrogen-bond acceptors (Lipinski definition) is 2. The quantitative estimate of drug-likeness (QED) is 0.772. The van der Waals surface area contributed by atoms with Crippen molar-refractivity contribution in [2.24, 2.45) is 5.92 Å². The molecule has 0 radical (unpaired) electrons. The molecular weight excluding hydrogens is 272 g/mol. The summed E-state index contributed by atoms with van der Waals surface area (Å²) in [7, 11) is 1.71. The number of ether oxygens (including phenoxy) is 2. The Kier molecular flexibility index (Phi) is 4.13. The molecule has 0 bridgehead atoms. The van der Waals surface area contributed by atoms with Crippen molar-refractivity contribution in [3.63, 3.8) is 0 Å². The molecule has 106 valence electrons. The lowest BCUT2D eigenvalue weighted by molar-refractivity contribution is 0.0651. The summed E-state index contributed by atoms with van der Waals surface area (Å²) in [6, 6.07) is 12.4. The van der Waals surface area contributed by atoms with Crippen molar-refractivity contribution >= 4 is 22.4 Å². The Morgan fingerprint density at radius 2 is 1.80 bits per heavy atom. The predicted molar refractivity (Wildman–Crippen MR) is 82.6 cm³/mol. The molecule has 0 spiro atoms. The molecule has 2 aromatic carbocycles. The first kappa shape index (κ1) is 13.7. The molecule has 1 atom stereocenters. The third-order valence-electron chi connectivity index (χ3n) is 4.11. The molecule has 2 nitrogen and oxygen atoms in total. The van der Waals surface area contributed by atoms with Crippen LogP contribution in [0, 0.1) is 5.92 Å². The number of methoxy groups -OCH3 is 1. The zero-order valence-electron chi connectivity index (χ0n) is 11.6. The highest BCUT2D eigenvalue weighted by molar-refractivity contribution is 6.22. The van der Waals surface area contributed by atoms with E-state index >= 15 is 0 Å². The Morgan fingerprint density at radius 3 is 2.50 bits per heavy atom. The van der Waals surface area contributed by atoms with Crippen molar-refractivity contribution in [1.29, 1.82) is 0 Å². The summed E-state index contributed by atoms with van der Waals surface area (Å²) in [6.07, 6.45) is 2.07. The van der Waals surface area contributed by atoms with Gasteiger partial charge in [0.05, 0.1) is 12.5 Å². The van der Waals surface area contributed by atoms with Gasteiger partial charge in [0.1, 0.15) is 5.75 Å². The van der Waals surface area contributed by atoms with Gasteiger partial charge in [0.25, 0.3) is 0 Å². The molecule has 1 fully saturated rings. The van der Waals surface area contributed by atoms with Crippen molar-refractivity contribution in [3.05, 3.63) is 42.0 Å². The van der Waals surface area contributed by atoms with Crippen molar-refractivity contribution in [2.75, 3.05) is 20.3 Å². The second kappa shape index (κ2) is 6.02. The number of alkyl halides is 1. The minimum Gasteiger partial charge on any atom is -0.496 e. The molecule has 1 heterocycles. The van der Waals surface area contributed by atoms with Crippen LogP contribution >= 0.6 is 11.6 Å². The molecule has 1 aliphatic heterocycles. The molecule has 3 heteroatoms. The Bertz CT molecular complexity index is 591. The van der Waals surface area contributed by atoms with Crippen LogP contribution in [0.15, 0.2) is 36.4 Å². The van der Waals surface area contributed by atoms with Crippen molar-refractivity contribution < 1.29 is 9.47 Å². The molecule has 0 amide bonds. The van der Waals surface area contributed by atoms with Gasteiger partial charge < -0.3 is 9.47 Å². The molecule has 0 aliphatic carbocycles. The van der Waals surface area contributed by atoms with Gasteiger partial charge >= 0.3 is 0 Å². The minimum atomic E-state index is 0.0368. The smallest absolute Gasteiger partial charge is 0.126 e. The van der Waals surface area contributed by atoms with Crippen LogP contribution in [0.3, 0.4) is 0 Å². The molecule has 1 saturated heterocycles. The van der Waals surface area contributed by atoms with Gasteiger partial charge in [-0.25, -0.2) is 0 Å². The van der Waals surface area contributed by atoms with Gasteiger partial charge in [0, 0.05) is 18.6 Å². The number of hydrogen-bond donors (Lipinski definition) is 0. The largest absolute Gasteiger partial charge is 0.496 e. The van der Waals surface area contributed by atoms with Gasteiger partial charge in [-0.3, -0.25) is 0 Å². The van der Waals surface area contributed by atoms with Crippen molar-refractivity contribution in [3.8, 4) is 5.75 Å². The van der Waals surface area contributed by atoms with Crippen LogP contribution < -0.4 is 4.74 Å². The lowest BCUT2D eigenvalue weighted by atomic mass is 9.89. The summed E-state index contributed by atoms with van der Waals surface area (Å²) in [5.41, 5.74) is 1.20. The molecule has 0 N–H and O–H groups in total. The molecule has 1 unspecified atom stereocenters. The van der Waals surface area contributed by atoms with Gasteiger partial charge in [-0.15, -0.1) is 11.6 Å². The molecule has 0 saturated carbocycles. The predicted octanol–water partition coefficient (Wildman–Crippen LogP) is 4.55. The average Bonchev–Trinajstić information content (AvgIpc) is 2.54. The summed E-state index contributed by atoms with van der Waals surface area (Å²) in [4.78, 5) is 0. The summed E-state index contributed by atoms with van der Waals surface area (Å²) in [6.45, 7) is 1.64. The fraction of sp³-hybridized carbons (Fsp3) is 0.412. The fourth-order valence-electron chi connectivity index (χ4n) is 2.98. The van der Waals surface area contributed by atoms with Crippen LogP contribution in [-0.4, -0.2) is 20.3 Å². The van der Waals surface area contributed by atoms with Crippen LogP contribution in [0.25, 0.3) is 10.8 Å². The number of benzene rings is 2. The summed E-state index contributed by atoms with van der Waals surface area (Å²) < 4.78 is 10.9. The number of rotatable bonds is 3. The van der Waals surface area contributed by atoms with Gasteiger partial charge in [-0.05, 0) is 35.8 Å². The molecular formula is C17H19ClO2. The standard InChI is InChI=1S/C17H19ClO2/c1-19-16-7-6-15(13-4-2-3-5-14(13)16)17(18)12-8-10-20-11-9-12/h2-7,12,17H,8-11H2,1H3. The van der Waals surface area contributed by atoms with Crippen molar-refractivity contribution in [2.45, 2.75) is 18.2 Å². The number of fused-ring (bicyclic) bond motifs is 1. The first-order valence-corrected chi connectivity index (χ1v) is 7.52. The highest BCUT2D eigenvalue weighted by atomic mass is 35.5. The van der Waals surface area contributed by atoms with Crippen LogP contribution in [0.4, 0.5) is 0 Å². The van der Waals surface area contributed by atoms with Crippen LogP contribution in [0.2, 0.25) is 0 Å². The monoisotopic (exact) mass is 290 g/mol. The second-order valence-electron chi connectivity index (χ2n) is 5.25. The van der Waals surface area contributed by atoms with E-state index in [1.165, 1.54) is 10.9 Å². The maximum atomic E-state index is 6.76. The molecule has 1 aliphatic rings. The van der Waals surface area contributed by atoms with E-state index in [1.807, 2.05) is 12.1 Å². The zero-order valence-corrected chi connectivity index (χ0v) is 12.4. The Labute approximate surface area is 124 Å². The Hall–Kier alpha value is -1.25. The van der Waals surface area contributed by atoms with E-state index in [0.717, 1.165) is 37.2 Å². The average molecular weight is 291 g/mol. The molecule has 20 heavy (non-hydrogen) atoms. The maximum Gasteiger partial charge on any atom is 0.126 e. The lowest BCUT2D eigenvalue weighted by Gasteiger charge is -2.27. The minimum absolute atomic E-state index is 0.0368. The van der Waals surface area contributed by atoms with Crippen LogP contribution in [0.5, 0.6) is 5.75 Å². The summed E-state index contributed by atoms with van der Waals surface area (Å²) >= 11 is 6.76. The van der Waals surface area contributed by atoms with E-state index in [-0.39, 0.29) is 5.38 Å². The van der Waals surface area contributed by atoms with E-state index in [2.05, 4.69) is 24.3 Å². The highest BCUT2D eigenvalue weighted by Crippen LogP contribution is 2.40. The van der Waals surface area contributed by atoms with Gasteiger partial charge in [-0.2, -0.15) is 0 Å². The summed E-state index contributed by atoms with van der Waals surface area (Å²) in [5, 5.41) is 2.36. The number of halogens is 1. The second-order valence-corrected chi connectivity index (χ2v) is 5.72. The summed E-state index contributed by atoms with van der Waals surface area (Å²) in [5.74, 6) is 1.39. The van der Waals surface area contributed by atoms with Crippen molar-refractivity contribution in [1.82, 2.24) is 0 Å². The Morgan fingerprint density at radius 1 is 1.10 bits per heavy atom. The van der Waals surface area contributed by atoms with Gasteiger partial charge in [0.15, 0.2) is 0 Å². The SMILES string of the molecule is COc1ccc(C(Cl)C2CCOCC2)c2ccccc12. The van der Waals surface area contributed by atoms with E-state index in [4.69, 9.17) is 21.1 Å². The van der Waals surface area contributed by atoms with Gasteiger partial charge in [-0.1, -0.05) is 30.3 Å². The fourth-order valence-corrected chi connectivity index (χ4v) is 3.42. The first-order valence-electron chi connectivity index (χ1n) is 7.08. The molecule has 0 aromatic heterocycles. The molecule has 3 rings (SSSR count). The molecule has 2 aromatic rings. The van der Waals surface area contributed by atoms with E-state index in [1.54, 1.807) is 7.11 Å². The maximum absolute atomic E-state index is 6.76. The normalized spacial score (nSPS) is 18.1. The zero-order chi connectivity index (χ0) is 13.9. The lowest BCUT2D eigenvalue weighted by Crippen LogP contribution is -2.19. The van der Waals surface area contributed by atoms with E-state index in [9.17, 15) is 0 Å². The first-order chi connectivity index (χ1) is 9.81. The van der Waals surface area contributed by atoms with Crippen LogP contribution in [0.1, 0.15) is 23.8 Å². The Balaban J connectivity index is 2.02.